The van der Waals surface area contributed by atoms with Crippen LogP contribution in [0.5, 0.6) is 0 Å². The number of fused-ring (bicyclic) bond motifs is 1. The summed E-state index contributed by atoms with van der Waals surface area (Å²) in [5, 5.41) is 12.7. The molecule has 1 aliphatic carbocycles. The van der Waals surface area contributed by atoms with Crippen molar-refractivity contribution in [1.29, 1.82) is 0 Å². The lowest BCUT2D eigenvalue weighted by Gasteiger charge is -2.40. The Morgan fingerprint density at radius 3 is 2.45 bits per heavy atom. The van der Waals surface area contributed by atoms with Gasteiger partial charge in [-0.2, -0.15) is 13.2 Å². The van der Waals surface area contributed by atoms with Gasteiger partial charge in [0.2, 0.25) is 0 Å². The van der Waals surface area contributed by atoms with Crippen molar-refractivity contribution in [2.24, 2.45) is 11.8 Å². The van der Waals surface area contributed by atoms with Gasteiger partial charge in [0.1, 0.15) is 0 Å². The molecular formula is C29H38F3N3O4S. The normalized spacial score (nSPS) is 22.9. The molecule has 40 heavy (non-hydrogen) atoms. The van der Waals surface area contributed by atoms with E-state index >= 15 is 0 Å². The topological polar surface area (TPSA) is 99.6 Å². The number of aromatic nitrogens is 1. The summed E-state index contributed by atoms with van der Waals surface area (Å²) < 4.78 is 63.3. The highest BCUT2D eigenvalue weighted by molar-refractivity contribution is 7.91. The van der Waals surface area contributed by atoms with Gasteiger partial charge in [-0.1, -0.05) is 19.9 Å². The van der Waals surface area contributed by atoms with Crippen molar-refractivity contribution < 1.29 is 31.5 Å². The molecule has 1 amide bonds. The van der Waals surface area contributed by atoms with Crippen LogP contribution in [0.3, 0.4) is 0 Å². The number of alkyl halides is 3. The molecule has 1 unspecified atom stereocenters. The summed E-state index contributed by atoms with van der Waals surface area (Å²) in [6, 6.07) is 7.86. The summed E-state index contributed by atoms with van der Waals surface area (Å²) in [5.41, 5.74) is 3.03. The highest BCUT2D eigenvalue weighted by Gasteiger charge is 2.42. The summed E-state index contributed by atoms with van der Waals surface area (Å²) in [4.78, 5) is 19.7. The lowest BCUT2D eigenvalue weighted by molar-refractivity contribution is -0.184. The zero-order valence-corrected chi connectivity index (χ0v) is 23.8. The average molecular weight is 582 g/mol. The number of carbonyl (C=O) groups excluding carboxylic acids is 1. The molecule has 2 atom stereocenters. The fraction of sp³-hybridized carbons (Fsp3) is 0.586. The summed E-state index contributed by atoms with van der Waals surface area (Å²) in [6.07, 6.45) is 0.353. The van der Waals surface area contributed by atoms with Gasteiger partial charge in [-0.05, 0) is 79.8 Å². The lowest BCUT2D eigenvalue weighted by atomic mass is 9.80. The van der Waals surface area contributed by atoms with Gasteiger partial charge < -0.3 is 10.4 Å². The van der Waals surface area contributed by atoms with Crippen LogP contribution in [0.1, 0.15) is 85.2 Å². The minimum Gasteiger partial charge on any atom is -0.394 e. The molecule has 1 saturated carbocycles. The van der Waals surface area contributed by atoms with Gasteiger partial charge in [-0.15, -0.1) is 0 Å². The van der Waals surface area contributed by atoms with Crippen molar-refractivity contribution in [3.63, 3.8) is 0 Å². The maximum absolute atomic E-state index is 13.1. The van der Waals surface area contributed by atoms with E-state index in [0.29, 0.717) is 24.1 Å². The molecule has 0 radical (unpaired) electrons. The number of carbonyl (C=O) groups is 1. The molecule has 1 aromatic heterocycles. The first kappa shape index (κ1) is 30.5. The van der Waals surface area contributed by atoms with Crippen molar-refractivity contribution in [3.05, 3.63) is 58.9 Å². The van der Waals surface area contributed by atoms with Crippen molar-refractivity contribution in [2.45, 2.75) is 75.5 Å². The van der Waals surface area contributed by atoms with Crippen LogP contribution >= 0.6 is 0 Å². The summed E-state index contributed by atoms with van der Waals surface area (Å²) in [7, 11) is -3.41. The zero-order chi connectivity index (χ0) is 29.1. The third-order valence-corrected chi connectivity index (χ3v) is 10.1. The number of halogens is 3. The van der Waals surface area contributed by atoms with Crippen LogP contribution in [-0.4, -0.2) is 60.9 Å². The Morgan fingerprint density at radius 2 is 1.88 bits per heavy atom. The van der Waals surface area contributed by atoms with Crippen LogP contribution in [0.4, 0.5) is 13.2 Å². The van der Waals surface area contributed by atoms with Crippen LogP contribution in [-0.2, 0) is 16.3 Å². The molecule has 1 aliphatic heterocycles. The van der Waals surface area contributed by atoms with Crippen molar-refractivity contribution in [2.75, 3.05) is 25.4 Å². The van der Waals surface area contributed by atoms with E-state index in [9.17, 15) is 31.5 Å². The number of aliphatic hydroxyl groups is 1. The molecular weight excluding hydrogens is 543 g/mol. The number of sulfone groups is 1. The first-order valence-corrected chi connectivity index (χ1v) is 15.7. The Hall–Kier alpha value is -2.50. The van der Waals surface area contributed by atoms with Crippen molar-refractivity contribution in [3.8, 4) is 0 Å². The standard InChI is InChI=1S/C29H38F3N3O4S/c1-3-27-24-11-7-21(28(37)34-26(18-36)25-12-10-23(16-33-25)40(38,39)4-2)15-20(24)13-14-35(27)17-19-5-8-22(9-6-19)29(30,31)32/h7,10-12,15-16,19,22,26-27,36H,3-6,8-9,13-14,17-18H2,1-2H3,(H,34,37)/t19-,22-,26?,27-/m1/s1. The molecule has 0 bridgehead atoms. The van der Waals surface area contributed by atoms with Crippen LogP contribution in [0, 0.1) is 11.8 Å². The largest absolute Gasteiger partial charge is 0.394 e. The Balaban J connectivity index is 1.41. The highest BCUT2D eigenvalue weighted by atomic mass is 32.2. The molecule has 1 aromatic carbocycles. The second-order valence-electron chi connectivity index (χ2n) is 10.9. The third kappa shape index (κ3) is 6.86. The Kier molecular flexibility index (Phi) is 9.57. The van der Waals surface area contributed by atoms with E-state index in [1.165, 1.54) is 18.3 Å². The summed E-state index contributed by atoms with van der Waals surface area (Å²) in [6.45, 7) is 4.82. The molecule has 2 N–H and O–H groups in total. The smallest absolute Gasteiger partial charge is 0.391 e. The van der Waals surface area contributed by atoms with Gasteiger partial charge in [-0.3, -0.25) is 14.7 Å². The van der Waals surface area contributed by atoms with Crippen molar-refractivity contribution in [1.82, 2.24) is 15.2 Å². The molecule has 0 saturated heterocycles. The molecule has 1 fully saturated rings. The highest BCUT2D eigenvalue weighted by Crippen LogP contribution is 2.41. The van der Waals surface area contributed by atoms with Crippen LogP contribution in [0.15, 0.2) is 41.4 Å². The van der Waals surface area contributed by atoms with Gasteiger partial charge in [0.15, 0.2) is 9.84 Å². The second-order valence-corrected chi connectivity index (χ2v) is 13.2. The van der Waals surface area contributed by atoms with E-state index in [1.54, 1.807) is 13.0 Å². The minimum absolute atomic E-state index is 0.0495. The van der Waals surface area contributed by atoms with E-state index in [0.717, 1.165) is 37.1 Å². The SMILES string of the molecule is CC[C@@H]1c2ccc(C(=O)NC(CO)c3ccc(S(=O)(=O)CC)cn3)cc2CCN1C[C@H]1CC[C@H](C(F)(F)F)CC1. The monoisotopic (exact) mass is 581 g/mol. The average Bonchev–Trinajstić information content (AvgIpc) is 2.95. The van der Waals surface area contributed by atoms with Crippen LogP contribution in [0.2, 0.25) is 0 Å². The van der Waals surface area contributed by atoms with Gasteiger partial charge in [0.25, 0.3) is 5.91 Å². The summed E-state index contributed by atoms with van der Waals surface area (Å²) >= 11 is 0. The zero-order valence-electron chi connectivity index (χ0n) is 23.0. The number of hydrogen-bond acceptors (Lipinski definition) is 6. The van der Waals surface area contributed by atoms with Gasteiger partial charge >= 0.3 is 6.18 Å². The maximum atomic E-state index is 13.1. The molecule has 11 heteroatoms. The second kappa shape index (κ2) is 12.6. The van der Waals surface area contributed by atoms with Crippen molar-refractivity contribution >= 4 is 15.7 Å². The number of pyridine rings is 1. The summed E-state index contributed by atoms with van der Waals surface area (Å²) in [5.74, 6) is -1.33. The first-order chi connectivity index (χ1) is 19.0. The van der Waals surface area contributed by atoms with E-state index in [2.05, 4.69) is 22.1 Å². The molecule has 7 nitrogen and oxygen atoms in total. The predicted octanol–water partition coefficient (Wildman–Crippen LogP) is 5.02. The number of nitrogens with zero attached hydrogens (tertiary/aromatic N) is 2. The number of hydrogen-bond donors (Lipinski definition) is 2. The number of benzene rings is 1. The number of rotatable bonds is 9. The molecule has 0 spiro atoms. The number of nitrogens with one attached hydrogen (secondary N) is 1. The van der Waals surface area contributed by atoms with E-state index in [1.807, 2.05) is 12.1 Å². The van der Waals surface area contributed by atoms with Gasteiger partial charge in [0.05, 0.1) is 34.9 Å². The van der Waals surface area contributed by atoms with E-state index < -0.39 is 34.6 Å². The molecule has 2 heterocycles. The first-order valence-electron chi connectivity index (χ1n) is 14.0. The fourth-order valence-electron chi connectivity index (χ4n) is 6.01. The Morgan fingerprint density at radius 1 is 1.15 bits per heavy atom. The van der Waals surface area contributed by atoms with E-state index in [-0.39, 0.29) is 41.4 Å². The lowest BCUT2D eigenvalue weighted by Crippen LogP contribution is -2.40. The Bertz CT molecular complexity index is 1280. The minimum atomic E-state index is -4.10. The fourth-order valence-corrected chi connectivity index (χ4v) is 6.83. The van der Waals surface area contributed by atoms with E-state index in [4.69, 9.17) is 0 Å². The third-order valence-electron chi connectivity index (χ3n) is 8.41. The van der Waals surface area contributed by atoms with Gasteiger partial charge in [-0.25, -0.2) is 8.42 Å². The predicted molar refractivity (Wildman–Crippen MR) is 146 cm³/mol. The number of amides is 1. The molecule has 4 rings (SSSR count). The van der Waals surface area contributed by atoms with Crippen LogP contribution < -0.4 is 5.32 Å². The van der Waals surface area contributed by atoms with Gasteiger partial charge in [0, 0.05) is 30.9 Å². The Labute approximate surface area is 234 Å². The maximum Gasteiger partial charge on any atom is 0.391 e. The quantitative estimate of drug-likeness (QED) is 0.432. The molecule has 2 aliphatic rings. The molecule has 2 aromatic rings. The molecule has 220 valence electrons. The number of aliphatic hydroxyl groups excluding tert-OH is 1. The van der Waals surface area contributed by atoms with Crippen LogP contribution in [0.25, 0.3) is 0 Å².